The predicted molar refractivity (Wildman–Crippen MR) is 93.3 cm³/mol. The normalized spacial score (nSPS) is 26.2. The maximum atomic E-state index is 5.63. The summed E-state index contributed by atoms with van der Waals surface area (Å²) in [4.78, 5) is 7.31. The minimum Gasteiger partial charge on any atom is -0.381 e. The Hall–Kier alpha value is -0.770. The number of ether oxygens (including phenoxy) is 1. The molecule has 0 bridgehead atoms. The quantitative estimate of drug-likeness (QED) is 0.481. The molecule has 0 radical (unpaired) electrons. The van der Waals surface area contributed by atoms with E-state index in [9.17, 15) is 0 Å². The number of nitrogens with zero attached hydrogens (tertiary/aromatic N) is 2. The van der Waals surface area contributed by atoms with Crippen molar-refractivity contribution in [2.75, 3.05) is 39.4 Å². The molecule has 2 aliphatic rings. The molecule has 1 N–H and O–H groups in total. The maximum Gasteiger partial charge on any atom is 0.193 e. The minimum atomic E-state index is 0.405. The van der Waals surface area contributed by atoms with Gasteiger partial charge in [-0.15, -0.1) is 0 Å². The summed E-state index contributed by atoms with van der Waals surface area (Å²) >= 11 is 0. The van der Waals surface area contributed by atoms with Crippen molar-refractivity contribution < 1.29 is 4.74 Å². The fraction of sp³-hybridized carbons (Fsp3) is 0.944. The van der Waals surface area contributed by atoms with E-state index in [4.69, 9.17) is 9.73 Å². The maximum absolute atomic E-state index is 5.63. The molecular formula is C18H35N3O. The van der Waals surface area contributed by atoms with Gasteiger partial charge in [-0.1, -0.05) is 27.2 Å². The number of hydrogen-bond donors (Lipinski definition) is 1. The first-order valence-electron chi connectivity index (χ1n) is 9.05. The molecule has 22 heavy (non-hydrogen) atoms. The smallest absolute Gasteiger partial charge is 0.193 e. The first-order valence-corrected chi connectivity index (χ1v) is 9.05. The number of unbranched alkanes of at least 4 members (excludes halogenated alkanes) is 1. The van der Waals surface area contributed by atoms with Crippen LogP contribution in [0, 0.1) is 10.8 Å². The molecule has 128 valence electrons. The van der Waals surface area contributed by atoms with E-state index in [0.717, 1.165) is 45.4 Å². The lowest BCUT2D eigenvalue weighted by Gasteiger charge is -2.25. The molecule has 0 amide bonds. The Morgan fingerprint density at radius 3 is 2.73 bits per heavy atom. The van der Waals surface area contributed by atoms with Gasteiger partial charge in [0.15, 0.2) is 5.96 Å². The highest BCUT2D eigenvalue weighted by Gasteiger charge is 2.42. The molecule has 2 fully saturated rings. The van der Waals surface area contributed by atoms with E-state index in [-0.39, 0.29) is 0 Å². The van der Waals surface area contributed by atoms with E-state index in [1.807, 2.05) is 0 Å². The fourth-order valence-electron chi connectivity index (χ4n) is 3.47. The Balaban J connectivity index is 1.80. The molecule has 0 aromatic heterocycles. The lowest BCUT2D eigenvalue weighted by Crippen LogP contribution is -2.41. The van der Waals surface area contributed by atoms with Gasteiger partial charge in [0, 0.05) is 38.2 Å². The Kier molecular flexibility index (Phi) is 6.13. The molecule has 4 nitrogen and oxygen atoms in total. The Morgan fingerprint density at radius 2 is 2.09 bits per heavy atom. The van der Waals surface area contributed by atoms with Gasteiger partial charge < -0.3 is 15.0 Å². The average Bonchev–Trinajstić information content (AvgIpc) is 3.07. The number of rotatable bonds is 5. The summed E-state index contributed by atoms with van der Waals surface area (Å²) in [6.07, 6.45) is 6.21. The van der Waals surface area contributed by atoms with Crippen LogP contribution in [0.5, 0.6) is 0 Å². The van der Waals surface area contributed by atoms with Crippen molar-refractivity contribution in [3.8, 4) is 0 Å². The summed E-state index contributed by atoms with van der Waals surface area (Å²) in [5, 5.41) is 3.47. The zero-order valence-electron chi connectivity index (χ0n) is 15.1. The van der Waals surface area contributed by atoms with Gasteiger partial charge in [-0.05, 0) is 38.0 Å². The summed E-state index contributed by atoms with van der Waals surface area (Å²) in [6, 6.07) is 0. The highest BCUT2D eigenvalue weighted by atomic mass is 16.5. The van der Waals surface area contributed by atoms with Crippen LogP contribution in [0.2, 0.25) is 0 Å². The third-order valence-corrected chi connectivity index (χ3v) is 4.85. The van der Waals surface area contributed by atoms with Gasteiger partial charge >= 0.3 is 0 Å². The van der Waals surface area contributed by atoms with Gasteiger partial charge in [0.25, 0.3) is 0 Å². The number of aliphatic imine (C=N–C) groups is 1. The van der Waals surface area contributed by atoms with Crippen molar-refractivity contribution in [1.82, 2.24) is 10.2 Å². The third-order valence-electron chi connectivity index (χ3n) is 4.85. The number of hydrogen-bond acceptors (Lipinski definition) is 2. The highest BCUT2D eigenvalue weighted by molar-refractivity contribution is 5.80. The molecule has 2 heterocycles. The van der Waals surface area contributed by atoms with Crippen LogP contribution in [0.15, 0.2) is 4.99 Å². The van der Waals surface area contributed by atoms with Crippen LogP contribution in [0.4, 0.5) is 0 Å². The third kappa shape index (κ3) is 5.15. The monoisotopic (exact) mass is 309 g/mol. The molecule has 1 spiro atoms. The van der Waals surface area contributed by atoms with Crippen molar-refractivity contribution in [2.24, 2.45) is 15.8 Å². The van der Waals surface area contributed by atoms with E-state index in [1.54, 1.807) is 0 Å². The molecule has 2 saturated heterocycles. The van der Waals surface area contributed by atoms with Crippen LogP contribution in [0.25, 0.3) is 0 Å². The number of guanidine groups is 1. The fourth-order valence-corrected chi connectivity index (χ4v) is 3.47. The second-order valence-electron chi connectivity index (χ2n) is 8.23. The molecule has 4 heteroatoms. The Morgan fingerprint density at radius 1 is 1.27 bits per heavy atom. The Labute approximate surface area is 136 Å². The predicted octanol–water partition coefficient (Wildman–Crippen LogP) is 3.28. The summed E-state index contributed by atoms with van der Waals surface area (Å²) < 4.78 is 5.63. The van der Waals surface area contributed by atoms with Crippen molar-refractivity contribution in [2.45, 2.75) is 59.8 Å². The van der Waals surface area contributed by atoms with E-state index in [1.165, 1.54) is 32.1 Å². The van der Waals surface area contributed by atoms with Crippen LogP contribution in [0.1, 0.15) is 59.8 Å². The number of nitrogens with one attached hydrogen (secondary N) is 1. The second-order valence-corrected chi connectivity index (χ2v) is 8.23. The van der Waals surface area contributed by atoms with Gasteiger partial charge in [-0.25, -0.2) is 0 Å². The number of likely N-dealkylation sites (tertiary alicyclic amines) is 1. The van der Waals surface area contributed by atoms with E-state index in [2.05, 4.69) is 37.9 Å². The zero-order chi connectivity index (χ0) is 16.1. The largest absolute Gasteiger partial charge is 0.381 e. The lowest BCUT2D eigenvalue weighted by atomic mass is 9.87. The summed E-state index contributed by atoms with van der Waals surface area (Å²) in [5.74, 6) is 1.11. The zero-order valence-corrected chi connectivity index (χ0v) is 15.1. The van der Waals surface area contributed by atoms with E-state index < -0.39 is 0 Å². The molecule has 1 unspecified atom stereocenters. The molecule has 0 aliphatic carbocycles. The first kappa shape index (κ1) is 17.6. The first-order chi connectivity index (χ1) is 10.4. The van der Waals surface area contributed by atoms with Crippen molar-refractivity contribution >= 4 is 5.96 Å². The molecule has 0 saturated carbocycles. The standard InChI is InChI=1S/C18H35N3O/c1-5-19-16(20-11-7-6-8-17(2,3)4)21-12-9-18(14-21)10-13-22-15-18/h5-15H2,1-4H3,(H,19,20). The van der Waals surface area contributed by atoms with Gasteiger partial charge in [-0.3, -0.25) is 4.99 Å². The molecule has 2 rings (SSSR count). The van der Waals surface area contributed by atoms with Crippen LogP contribution >= 0.6 is 0 Å². The SMILES string of the molecule is CCNC(=NCCCCC(C)(C)C)N1CCC2(CCOC2)C1. The van der Waals surface area contributed by atoms with E-state index >= 15 is 0 Å². The summed E-state index contributed by atoms with van der Waals surface area (Å²) in [6.45, 7) is 15.1. The molecule has 0 aromatic carbocycles. The van der Waals surface area contributed by atoms with Gasteiger partial charge in [0.1, 0.15) is 0 Å². The van der Waals surface area contributed by atoms with Crippen LogP contribution in [0.3, 0.4) is 0 Å². The molecule has 0 aromatic rings. The van der Waals surface area contributed by atoms with Gasteiger partial charge in [-0.2, -0.15) is 0 Å². The molecule has 2 aliphatic heterocycles. The highest BCUT2D eigenvalue weighted by Crippen LogP contribution is 2.38. The van der Waals surface area contributed by atoms with Gasteiger partial charge in [0.2, 0.25) is 0 Å². The van der Waals surface area contributed by atoms with Crippen molar-refractivity contribution in [1.29, 1.82) is 0 Å². The summed E-state index contributed by atoms with van der Waals surface area (Å²) in [7, 11) is 0. The average molecular weight is 309 g/mol. The minimum absolute atomic E-state index is 0.405. The van der Waals surface area contributed by atoms with E-state index in [0.29, 0.717) is 10.8 Å². The van der Waals surface area contributed by atoms with Gasteiger partial charge in [0.05, 0.1) is 6.61 Å². The Bertz CT molecular complexity index is 367. The van der Waals surface area contributed by atoms with Crippen molar-refractivity contribution in [3.05, 3.63) is 0 Å². The van der Waals surface area contributed by atoms with Crippen LogP contribution in [-0.4, -0.2) is 50.3 Å². The molecule has 1 atom stereocenters. The van der Waals surface area contributed by atoms with Crippen molar-refractivity contribution in [3.63, 3.8) is 0 Å². The lowest BCUT2D eigenvalue weighted by molar-refractivity contribution is 0.156. The topological polar surface area (TPSA) is 36.9 Å². The van der Waals surface area contributed by atoms with Crippen LogP contribution in [-0.2, 0) is 4.74 Å². The second kappa shape index (κ2) is 7.67. The molecular weight excluding hydrogens is 274 g/mol. The van der Waals surface area contributed by atoms with Crippen LogP contribution < -0.4 is 5.32 Å². The summed E-state index contributed by atoms with van der Waals surface area (Å²) in [5.41, 5.74) is 0.848.